The van der Waals surface area contributed by atoms with Crippen molar-refractivity contribution in [1.29, 1.82) is 0 Å². The van der Waals surface area contributed by atoms with Crippen molar-refractivity contribution in [2.24, 2.45) is 0 Å². The Bertz CT molecular complexity index is 737. The van der Waals surface area contributed by atoms with Crippen molar-refractivity contribution in [3.63, 3.8) is 0 Å². The van der Waals surface area contributed by atoms with Crippen LogP contribution in [0.5, 0.6) is 0 Å². The number of amides is 2. The summed E-state index contributed by atoms with van der Waals surface area (Å²) in [5.41, 5.74) is 2.20. The van der Waals surface area contributed by atoms with Crippen molar-refractivity contribution >= 4 is 17.9 Å². The summed E-state index contributed by atoms with van der Waals surface area (Å²) in [4.78, 5) is 23.4. The first-order chi connectivity index (χ1) is 11.5. The molecule has 1 unspecified atom stereocenters. The molecule has 24 heavy (non-hydrogen) atoms. The summed E-state index contributed by atoms with van der Waals surface area (Å²) in [6, 6.07) is 12.7. The Morgan fingerprint density at radius 3 is 2.25 bits per heavy atom. The van der Waals surface area contributed by atoms with Gasteiger partial charge in [-0.15, -0.1) is 0 Å². The largest absolute Gasteiger partial charge is 0.355 e. The van der Waals surface area contributed by atoms with E-state index in [1.54, 1.807) is 49.5 Å². The average Bonchev–Trinajstić information content (AvgIpc) is 2.60. The Labute approximate surface area is 140 Å². The molecular weight excluding hydrogens is 307 g/mol. The molecule has 5 heteroatoms. The second-order valence-corrected chi connectivity index (χ2v) is 5.32. The second kappa shape index (κ2) is 8.06. The van der Waals surface area contributed by atoms with Gasteiger partial charge in [0.25, 0.3) is 5.91 Å². The molecule has 4 nitrogen and oxygen atoms in total. The number of hydrogen-bond acceptors (Lipinski definition) is 2. The molecule has 0 spiro atoms. The molecule has 0 heterocycles. The van der Waals surface area contributed by atoms with Crippen LogP contribution in [0.4, 0.5) is 4.39 Å². The summed E-state index contributed by atoms with van der Waals surface area (Å²) in [7, 11) is 1.57. The normalized spacial score (nSPS) is 12.0. The predicted octanol–water partition coefficient (Wildman–Crippen LogP) is 3.08. The smallest absolute Gasteiger partial charge is 0.251 e. The number of halogens is 1. The number of carbonyl (C=O) groups is 2. The minimum atomic E-state index is -0.308. The van der Waals surface area contributed by atoms with Gasteiger partial charge in [0.15, 0.2) is 0 Å². The lowest BCUT2D eigenvalue weighted by Gasteiger charge is -2.12. The van der Waals surface area contributed by atoms with Gasteiger partial charge < -0.3 is 10.6 Å². The maximum atomic E-state index is 12.9. The summed E-state index contributed by atoms with van der Waals surface area (Å²) in [5, 5.41) is 5.36. The number of hydrogen-bond donors (Lipinski definition) is 2. The topological polar surface area (TPSA) is 58.2 Å². The molecule has 0 radical (unpaired) electrons. The summed E-state index contributed by atoms with van der Waals surface area (Å²) < 4.78 is 12.9. The molecule has 0 bridgehead atoms. The first kappa shape index (κ1) is 17.4. The third-order valence-electron chi connectivity index (χ3n) is 3.56. The SMILES string of the molecule is CNC(=O)c1ccc(/C=C/C(=O)NC(C)c2ccc(F)cc2)cc1. The Morgan fingerprint density at radius 2 is 1.67 bits per heavy atom. The summed E-state index contributed by atoms with van der Waals surface area (Å²) in [5.74, 6) is -0.712. The molecule has 2 aromatic rings. The molecule has 124 valence electrons. The van der Waals surface area contributed by atoms with Gasteiger partial charge in [-0.25, -0.2) is 4.39 Å². The highest BCUT2D eigenvalue weighted by Gasteiger charge is 2.07. The van der Waals surface area contributed by atoms with E-state index < -0.39 is 0 Å². The molecular formula is C19H19FN2O2. The third-order valence-corrected chi connectivity index (χ3v) is 3.56. The highest BCUT2D eigenvalue weighted by Crippen LogP contribution is 2.13. The minimum Gasteiger partial charge on any atom is -0.355 e. The first-order valence-electron chi connectivity index (χ1n) is 7.56. The standard InChI is InChI=1S/C19H19FN2O2/c1-13(15-8-10-17(20)11-9-15)22-18(23)12-5-14-3-6-16(7-4-14)19(24)21-2/h3-13H,1-2H3,(H,21,24)(H,22,23)/b12-5+. The van der Waals surface area contributed by atoms with Gasteiger partial charge in [0.1, 0.15) is 5.82 Å². The fourth-order valence-electron chi connectivity index (χ4n) is 2.16. The van der Waals surface area contributed by atoms with Crippen LogP contribution in [0.3, 0.4) is 0 Å². The van der Waals surface area contributed by atoms with E-state index in [4.69, 9.17) is 0 Å². The van der Waals surface area contributed by atoms with Crippen molar-refractivity contribution in [3.05, 3.63) is 77.1 Å². The van der Waals surface area contributed by atoms with E-state index in [2.05, 4.69) is 10.6 Å². The van der Waals surface area contributed by atoms with Gasteiger partial charge >= 0.3 is 0 Å². The average molecular weight is 326 g/mol. The van der Waals surface area contributed by atoms with Crippen LogP contribution >= 0.6 is 0 Å². The Balaban J connectivity index is 1.94. The summed E-state index contributed by atoms with van der Waals surface area (Å²) >= 11 is 0. The fraction of sp³-hybridized carbons (Fsp3) is 0.158. The molecule has 2 rings (SSSR count). The van der Waals surface area contributed by atoms with Crippen LogP contribution in [0.1, 0.15) is 34.5 Å². The maximum absolute atomic E-state index is 12.9. The molecule has 2 N–H and O–H groups in total. The van der Waals surface area contributed by atoms with Crippen LogP contribution in [-0.4, -0.2) is 18.9 Å². The van der Waals surface area contributed by atoms with Crippen LogP contribution < -0.4 is 10.6 Å². The van der Waals surface area contributed by atoms with Crippen LogP contribution in [0.15, 0.2) is 54.6 Å². The molecule has 0 aromatic heterocycles. The number of nitrogens with one attached hydrogen (secondary N) is 2. The van der Waals surface area contributed by atoms with E-state index in [1.807, 2.05) is 6.92 Å². The highest BCUT2D eigenvalue weighted by molar-refractivity contribution is 5.94. The Morgan fingerprint density at radius 1 is 1.04 bits per heavy atom. The van der Waals surface area contributed by atoms with E-state index in [0.717, 1.165) is 11.1 Å². The molecule has 0 fully saturated rings. The monoisotopic (exact) mass is 326 g/mol. The van der Waals surface area contributed by atoms with Gasteiger partial charge in [0, 0.05) is 18.7 Å². The van der Waals surface area contributed by atoms with Crippen LogP contribution in [-0.2, 0) is 4.79 Å². The first-order valence-corrected chi connectivity index (χ1v) is 7.56. The molecule has 0 aliphatic rings. The van der Waals surface area contributed by atoms with Gasteiger partial charge in [0.05, 0.1) is 6.04 Å². The number of benzene rings is 2. The lowest BCUT2D eigenvalue weighted by Crippen LogP contribution is -2.24. The molecule has 0 saturated heterocycles. The van der Waals surface area contributed by atoms with Gasteiger partial charge in [-0.1, -0.05) is 24.3 Å². The summed E-state index contributed by atoms with van der Waals surface area (Å²) in [6.45, 7) is 1.83. The zero-order valence-electron chi connectivity index (χ0n) is 13.5. The number of carbonyl (C=O) groups excluding carboxylic acids is 2. The van der Waals surface area contributed by atoms with Crippen molar-refractivity contribution in [2.45, 2.75) is 13.0 Å². The Kier molecular flexibility index (Phi) is 5.84. The number of rotatable bonds is 5. The Hall–Kier alpha value is -2.95. The lowest BCUT2D eigenvalue weighted by molar-refractivity contribution is -0.117. The predicted molar refractivity (Wildman–Crippen MR) is 91.8 cm³/mol. The van der Waals surface area contributed by atoms with Crippen molar-refractivity contribution in [2.75, 3.05) is 7.05 Å². The van der Waals surface area contributed by atoms with Crippen LogP contribution in [0.2, 0.25) is 0 Å². The van der Waals surface area contributed by atoms with Crippen molar-refractivity contribution < 1.29 is 14.0 Å². The maximum Gasteiger partial charge on any atom is 0.251 e. The molecule has 1 atom stereocenters. The lowest BCUT2D eigenvalue weighted by atomic mass is 10.1. The molecule has 0 aliphatic heterocycles. The highest BCUT2D eigenvalue weighted by atomic mass is 19.1. The zero-order valence-corrected chi connectivity index (χ0v) is 13.5. The van der Waals surface area contributed by atoms with Gasteiger partial charge in [-0.05, 0) is 48.4 Å². The minimum absolute atomic E-state index is 0.156. The summed E-state index contributed by atoms with van der Waals surface area (Å²) in [6.07, 6.45) is 3.09. The van der Waals surface area contributed by atoms with E-state index in [0.29, 0.717) is 5.56 Å². The van der Waals surface area contributed by atoms with Crippen LogP contribution in [0, 0.1) is 5.82 Å². The van der Waals surface area contributed by atoms with Gasteiger partial charge in [-0.2, -0.15) is 0 Å². The van der Waals surface area contributed by atoms with E-state index in [9.17, 15) is 14.0 Å². The van der Waals surface area contributed by atoms with Crippen molar-refractivity contribution in [1.82, 2.24) is 10.6 Å². The molecule has 2 aromatic carbocycles. The third kappa shape index (κ3) is 4.78. The zero-order chi connectivity index (χ0) is 17.5. The second-order valence-electron chi connectivity index (χ2n) is 5.32. The van der Waals surface area contributed by atoms with Gasteiger partial charge in [-0.3, -0.25) is 9.59 Å². The fourth-order valence-corrected chi connectivity index (χ4v) is 2.16. The van der Waals surface area contributed by atoms with Crippen LogP contribution in [0.25, 0.3) is 6.08 Å². The van der Waals surface area contributed by atoms with E-state index in [-0.39, 0.29) is 23.7 Å². The molecule has 0 aliphatic carbocycles. The molecule has 0 saturated carbocycles. The molecule has 2 amide bonds. The van der Waals surface area contributed by atoms with E-state index in [1.165, 1.54) is 18.2 Å². The quantitative estimate of drug-likeness (QED) is 0.830. The van der Waals surface area contributed by atoms with Crippen molar-refractivity contribution in [3.8, 4) is 0 Å². The van der Waals surface area contributed by atoms with Gasteiger partial charge in [0.2, 0.25) is 5.91 Å². The van der Waals surface area contributed by atoms with E-state index >= 15 is 0 Å².